The summed E-state index contributed by atoms with van der Waals surface area (Å²) in [5.74, 6) is -1.39. The maximum atomic E-state index is 11.9. The number of amides is 1. The molecule has 6 heteroatoms. The van der Waals surface area contributed by atoms with E-state index in [4.69, 9.17) is 5.11 Å². The van der Waals surface area contributed by atoms with Crippen LogP contribution in [0.2, 0.25) is 0 Å². The van der Waals surface area contributed by atoms with Gasteiger partial charge in [0.2, 0.25) is 0 Å². The Morgan fingerprint density at radius 2 is 2.00 bits per heavy atom. The van der Waals surface area contributed by atoms with Gasteiger partial charge in [-0.3, -0.25) is 9.59 Å². The summed E-state index contributed by atoms with van der Waals surface area (Å²) in [5.41, 5.74) is 0.716. The number of nitrogens with one attached hydrogen (secondary N) is 1. The van der Waals surface area contributed by atoms with Gasteiger partial charge < -0.3 is 14.8 Å². The maximum Gasteiger partial charge on any atom is 0.335 e. The smallest absolute Gasteiger partial charge is 0.335 e. The fraction of sp³-hybridized carbons (Fsp3) is 0.0714. The van der Waals surface area contributed by atoms with E-state index in [1.165, 1.54) is 6.07 Å². The molecule has 0 radical (unpaired) electrons. The van der Waals surface area contributed by atoms with E-state index in [0.717, 1.165) is 12.3 Å². The molecule has 0 fully saturated rings. The fourth-order valence-corrected chi connectivity index (χ4v) is 1.62. The van der Waals surface area contributed by atoms with Gasteiger partial charge >= 0.3 is 11.6 Å². The van der Waals surface area contributed by atoms with Crippen molar-refractivity contribution in [1.82, 2.24) is 0 Å². The van der Waals surface area contributed by atoms with Crippen LogP contribution < -0.4 is 10.9 Å². The second kappa shape index (κ2) is 5.83. The molecule has 0 aliphatic rings. The third kappa shape index (κ3) is 3.55. The number of carbonyl (C=O) groups is 2. The minimum Gasteiger partial charge on any atom is -0.481 e. The second-order valence-corrected chi connectivity index (χ2v) is 4.07. The van der Waals surface area contributed by atoms with Crippen molar-refractivity contribution in [2.24, 2.45) is 0 Å². The van der Waals surface area contributed by atoms with E-state index in [0.29, 0.717) is 11.3 Å². The van der Waals surface area contributed by atoms with Gasteiger partial charge in [0, 0.05) is 11.8 Å². The molecular formula is C14H11NO5. The van der Waals surface area contributed by atoms with Crippen molar-refractivity contribution in [3.05, 3.63) is 64.2 Å². The third-order valence-electron chi connectivity index (χ3n) is 2.50. The summed E-state index contributed by atoms with van der Waals surface area (Å²) in [6, 6.07) is 9.02. The molecule has 0 aliphatic heterocycles. The van der Waals surface area contributed by atoms with Crippen LogP contribution in [0.15, 0.2) is 51.9 Å². The molecule has 0 unspecified atom stereocenters. The largest absolute Gasteiger partial charge is 0.481 e. The van der Waals surface area contributed by atoms with Crippen LogP contribution in [-0.4, -0.2) is 17.0 Å². The Kier molecular flexibility index (Phi) is 3.95. The van der Waals surface area contributed by atoms with E-state index in [2.05, 4.69) is 9.73 Å². The SMILES string of the molecule is O=C(O)Cc1cccc(NC(=O)c2ccc(=O)oc2)c1. The van der Waals surface area contributed by atoms with Gasteiger partial charge in [-0.25, -0.2) is 4.79 Å². The van der Waals surface area contributed by atoms with E-state index in [1.807, 2.05) is 0 Å². The molecule has 0 saturated carbocycles. The van der Waals surface area contributed by atoms with E-state index in [-0.39, 0.29) is 12.0 Å². The van der Waals surface area contributed by atoms with Gasteiger partial charge in [0.1, 0.15) is 6.26 Å². The van der Waals surface area contributed by atoms with Gasteiger partial charge in [0.15, 0.2) is 0 Å². The quantitative estimate of drug-likeness (QED) is 0.880. The van der Waals surface area contributed by atoms with Crippen LogP contribution in [0.1, 0.15) is 15.9 Å². The van der Waals surface area contributed by atoms with Gasteiger partial charge in [-0.05, 0) is 23.8 Å². The van der Waals surface area contributed by atoms with Crippen molar-refractivity contribution in [3.8, 4) is 0 Å². The zero-order chi connectivity index (χ0) is 14.5. The van der Waals surface area contributed by atoms with E-state index in [9.17, 15) is 14.4 Å². The first-order chi connectivity index (χ1) is 9.54. The summed E-state index contributed by atoms with van der Waals surface area (Å²) in [5, 5.41) is 11.3. The first kappa shape index (κ1) is 13.5. The average molecular weight is 273 g/mol. The van der Waals surface area contributed by atoms with Gasteiger partial charge in [0.25, 0.3) is 5.91 Å². The normalized spacial score (nSPS) is 10.0. The van der Waals surface area contributed by atoms with Crippen molar-refractivity contribution >= 4 is 17.6 Å². The summed E-state index contributed by atoms with van der Waals surface area (Å²) >= 11 is 0. The molecule has 102 valence electrons. The molecule has 0 bridgehead atoms. The van der Waals surface area contributed by atoms with Crippen LogP contribution in [0.3, 0.4) is 0 Å². The topological polar surface area (TPSA) is 96.6 Å². The van der Waals surface area contributed by atoms with Crippen molar-refractivity contribution in [1.29, 1.82) is 0 Å². The standard InChI is InChI=1S/C14H11NO5/c16-12(17)7-9-2-1-3-11(6-9)15-14(19)10-4-5-13(18)20-8-10/h1-6,8H,7H2,(H,15,19)(H,16,17). The number of aliphatic carboxylic acids is 1. The summed E-state index contributed by atoms with van der Waals surface area (Å²) in [4.78, 5) is 33.3. The van der Waals surface area contributed by atoms with E-state index >= 15 is 0 Å². The number of hydrogen-bond acceptors (Lipinski definition) is 4. The number of hydrogen-bond donors (Lipinski definition) is 2. The van der Waals surface area contributed by atoms with Gasteiger partial charge in [-0.15, -0.1) is 0 Å². The minimum atomic E-state index is -0.946. The summed E-state index contributed by atoms with van der Waals surface area (Å²) in [6.45, 7) is 0. The van der Waals surface area contributed by atoms with Gasteiger partial charge in [-0.1, -0.05) is 12.1 Å². The Morgan fingerprint density at radius 3 is 2.65 bits per heavy atom. The van der Waals surface area contributed by atoms with Crippen molar-refractivity contribution in [2.75, 3.05) is 5.32 Å². The molecule has 1 aromatic heterocycles. The van der Waals surface area contributed by atoms with Crippen LogP contribution in [0.5, 0.6) is 0 Å². The van der Waals surface area contributed by atoms with Gasteiger partial charge in [-0.2, -0.15) is 0 Å². The zero-order valence-electron chi connectivity index (χ0n) is 10.3. The lowest BCUT2D eigenvalue weighted by Crippen LogP contribution is -2.13. The number of anilines is 1. The Bertz CT molecular complexity index is 684. The molecule has 0 spiro atoms. The molecule has 1 aromatic carbocycles. The van der Waals surface area contributed by atoms with Crippen LogP contribution in [-0.2, 0) is 11.2 Å². The Balaban J connectivity index is 2.13. The van der Waals surface area contributed by atoms with Crippen LogP contribution in [0, 0.1) is 0 Å². The van der Waals surface area contributed by atoms with Gasteiger partial charge in [0.05, 0.1) is 12.0 Å². The van der Waals surface area contributed by atoms with Crippen LogP contribution in [0.4, 0.5) is 5.69 Å². The molecule has 1 amide bonds. The predicted octanol–water partition coefficient (Wildman–Crippen LogP) is 1.52. The third-order valence-corrected chi connectivity index (χ3v) is 2.50. The Hall–Kier alpha value is -2.89. The fourth-order valence-electron chi connectivity index (χ4n) is 1.62. The first-order valence-corrected chi connectivity index (χ1v) is 5.75. The molecule has 2 aromatic rings. The maximum absolute atomic E-state index is 11.9. The Labute approximate surface area is 113 Å². The lowest BCUT2D eigenvalue weighted by molar-refractivity contribution is -0.136. The second-order valence-electron chi connectivity index (χ2n) is 4.07. The molecule has 1 heterocycles. The Morgan fingerprint density at radius 1 is 1.20 bits per heavy atom. The van der Waals surface area contributed by atoms with Crippen molar-refractivity contribution in [2.45, 2.75) is 6.42 Å². The summed E-state index contributed by atoms with van der Waals surface area (Å²) in [7, 11) is 0. The van der Waals surface area contributed by atoms with Crippen LogP contribution in [0.25, 0.3) is 0 Å². The number of carbonyl (C=O) groups excluding carboxylic acids is 1. The van der Waals surface area contributed by atoms with Crippen molar-refractivity contribution in [3.63, 3.8) is 0 Å². The highest BCUT2D eigenvalue weighted by Crippen LogP contribution is 2.12. The van der Waals surface area contributed by atoms with E-state index in [1.54, 1.807) is 24.3 Å². The molecule has 0 aliphatic carbocycles. The highest BCUT2D eigenvalue weighted by Gasteiger charge is 2.08. The molecular weight excluding hydrogens is 262 g/mol. The zero-order valence-corrected chi connectivity index (χ0v) is 10.3. The average Bonchev–Trinajstić information content (AvgIpc) is 2.39. The molecule has 20 heavy (non-hydrogen) atoms. The highest BCUT2D eigenvalue weighted by atomic mass is 16.4. The molecule has 2 N–H and O–H groups in total. The monoisotopic (exact) mass is 273 g/mol. The van der Waals surface area contributed by atoms with Crippen molar-refractivity contribution < 1.29 is 19.1 Å². The molecule has 0 atom stereocenters. The number of carboxylic acids is 1. The summed E-state index contributed by atoms with van der Waals surface area (Å²) < 4.78 is 4.60. The molecule has 2 rings (SSSR count). The summed E-state index contributed by atoms with van der Waals surface area (Å²) in [6.07, 6.45) is 0.947. The molecule has 0 saturated heterocycles. The lowest BCUT2D eigenvalue weighted by Gasteiger charge is -2.06. The molecule has 6 nitrogen and oxygen atoms in total. The first-order valence-electron chi connectivity index (χ1n) is 5.75. The number of benzene rings is 1. The number of rotatable bonds is 4. The highest BCUT2D eigenvalue weighted by molar-refractivity contribution is 6.03. The minimum absolute atomic E-state index is 0.121. The lowest BCUT2D eigenvalue weighted by atomic mass is 10.1. The van der Waals surface area contributed by atoms with E-state index < -0.39 is 17.5 Å². The number of carboxylic acid groups (broad SMARTS) is 1. The van der Waals surface area contributed by atoms with Crippen LogP contribution >= 0.6 is 0 Å². The predicted molar refractivity (Wildman–Crippen MR) is 70.7 cm³/mol.